The van der Waals surface area contributed by atoms with E-state index in [9.17, 15) is 9.18 Å². The first-order chi connectivity index (χ1) is 12.1. The summed E-state index contributed by atoms with van der Waals surface area (Å²) in [4.78, 5) is 12.2. The lowest BCUT2D eigenvalue weighted by Crippen LogP contribution is -2.30. The summed E-state index contributed by atoms with van der Waals surface area (Å²) in [5.41, 5.74) is 3.00. The van der Waals surface area contributed by atoms with Crippen molar-refractivity contribution in [2.75, 3.05) is 12.4 Å². The molecule has 3 atom stereocenters. The lowest BCUT2D eigenvalue weighted by molar-refractivity contribution is 0.0598. The van der Waals surface area contributed by atoms with E-state index < -0.39 is 0 Å². The number of benzene rings is 2. The average molecular weight is 358 g/mol. The van der Waals surface area contributed by atoms with Crippen LogP contribution in [-0.2, 0) is 4.74 Å². The summed E-state index contributed by atoms with van der Waals surface area (Å²) >= 11 is 6.42. The largest absolute Gasteiger partial charge is 0.465 e. The highest BCUT2D eigenvalue weighted by atomic mass is 35.5. The molecular weight excluding hydrogens is 341 g/mol. The van der Waals surface area contributed by atoms with Crippen LogP contribution in [0.4, 0.5) is 10.1 Å². The van der Waals surface area contributed by atoms with Crippen molar-refractivity contribution >= 4 is 23.3 Å². The molecule has 0 aromatic heterocycles. The van der Waals surface area contributed by atoms with Crippen molar-refractivity contribution in [3.05, 3.63) is 76.1 Å². The van der Waals surface area contributed by atoms with E-state index in [4.69, 9.17) is 16.3 Å². The summed E-state index contributed by atoms with van der Waals surface area (Å²) in [5.74, 6) is -0.409. The molecule has 0 saturated heterocycles. The molecule has 1 N–H and O–H groups in total. The molecule has 5 heteroatoms. The third-order valence-electron chi connectivity index (χ3n) is 5.08. The maximum Gasteiger partial charge on any atom is 0.338 e. The smallest absolute Gasteiger partial charge is 0.338 e. The molecule has 0 saturated carbocycles. The number of allylic oxidation sites excluding steroid dienone is 2. The van der Waals surface area contributed by atoms with Crippen LogP contribution in [0, 0.1) is 11.7 Å². The maximum atomic E-state index is 13.7. The minimum atomic E-state index is -0.377. The fraction of sp³-hybridized carbons (Fsp3) is 0.250. The first kappa shape index (κ1) is 16.2. The number of carbonyl (C=O) groups excluding carboxylic acids is 1. The summed E-state index contributed by atoms with van der Waals surface area (Å²) in [6.07, 6.45) is 5.07. The second kappa shape index (κ2) is 6.19. The normalized spacial score (nSPS) is 23.6. The van der Waals surface area contributed by atoms with E-state index in [1.165, 1.54) is 13.2 Å². The summed E-state index contributed by atoms with van der Waals surface area (Å²) in [6.45, 7) is 0. The van der Waals surface area contributed by atoms with Crippen molar-refractivity contribution in [2.45, 2.75) is 18.4 Å². The molecule has 4 rings (SSSR count). The van der Waals surface area contributed by atoms with Gasteiger partial charge in [-0.2, -0.15) is 0 Å². The number of esters is 1. The van der Waals surface area contributed by atoms with Gasteiger partial charge in [0.25, 0.3) is 0 Å². The zero-order valence-corrected chi connectivity index (χ0v) is 14.4. The predicted octanol–water partition coefficient (Wildman–Crippen LogP) is 5.09. The minimum absolute atomic E-state index is 0.0392. The van der Waals surface area contributed by atoms with Crippen molar-refractivity contribution in [3.8, 4) is 0 Å². The fourth-order valence-corrected chi connectivity index (χ4v) is 4.21. The van der Waals surface area contributed by atoms with Gasteiger partial charge >= 0.3 is 5.97 Å². The number of hydrogen-bond acceptors (Lipinski definition) is 3. The molecule has 0 radical (unpaired) electrons. The number of rotatable bonds is 2. The molecule has 2 aliphatic rings. The highest BCUT2D eigenvalue weighted by Crippen LogP contribution is 2.52. The van der Waals surface area contributed by atoms with Crippen LogP contribution < -0.4 is 5.32 Å². The first-order valence-electron chi connectivity index (χ1n) is 8.19. The SMILES string of the molecule is COC(=O)c1ccc(Cl)c2c1[C@@H]1C=CC[C@H]1[C@H](c1cccc(F)c1)N2. The van der Waals surface area contributed by atoms with E-state index in [1.807, 2.05) is 6.07 Å². The van der Waals surface area contributed by atoms with Crippen molar-refractivity contribution in [1.82, 2.24) is 0 Å². The van der Waals surface area contributed by atoms with Crippen LogP contribution in [0.3, 0.4) is 0 Å². The van der Waals surface area contributed by atoms with Crippen molar-refractivity contribution in [2.24, 2.45) is 5.92 Å². The van der Waals surface area contributed by atoms with Crippen LogP contribution in [0.15, 0.2) is 48.6 Å². The highest BCUT2D eigenvalue weighted by Gasteiger charge is 2.41. The van der Waals surface area contributed by atoms with Gasteiger partial charge in [-0.3, -0.25) is 0 Å². The Morgan fingerprint density at radius 2 is 2.16 bits per heavy atom. The number of hydrogen-bond donors (Lipinski definition) is 1. The highest BCUT2D eigenvalue weighted by molar-refractivity contribution is 6.33. The quantitative estimate of drug-likeness (QED) is 0.600. The van der Waals surface area contributed by atoms with Gasteiger partial charge in [-0.15, -0.1) is 0 Å². The van der Waals surface area contributed by atoms with Crippen LogP contribution in [0.1, 0.15) is 39.9 Å². The van der Waals surface area contributed by atoms with E-state index in [0.717, 1.165) is 23.2 Å². The van der Waals surface area contributed by atoms with Crippen LogP contribution in [-0.4, -0.2) is 13.1 Å². The second-order valence-corrected chi connectivity index (χ2v) is 6.81. The molecule has 1 aliphatic carbocycles. The molecule has 0 unspecified atom stereocenters. The summed E-state index contributed by atoms with van der Waals surface area (Å²) in [5, 5.41) is 4.00. The molecule has 25 heavy (non-hydrogen) atoms. The molecular formula is C20H17ClFNO2. The Bertz CT molecular complexity index is 880. The fourth-order valence-electron chi connectivity index (χ4n) is 3.99. The number of nitrogens with one attached hydrogen (secondary N) is 1. The van der Waals surface area contributed by atoms with Gasteiger partial charge in [-0.25, -0.2) is 9.18 Å². The average Bonchev–Trinajstić information content (AvgIpc) is 3.10. The molecule has 3 nitrogen and oxygen atoms in total. The molecule has 0 bridgehead atoms. The van der Waals surface area contributed by atoms with Gasteiger partial charge in [0.05, 0.1) is 29.4 Å². The molecule has 1 heterocycles. The number of methoxy groups -OCH3 is 1. The topological polar surface area (TPSA) is 38.3 Å². The van der Waals surface area contributed by atoms with E-state index >= 15 is 0 Å². The van der Waals surface area contributed by atoms with Crippen molar-refractivity contribution < 1.29 is 13.9 Å². The number of fused-ring (bicyclic) bond motifs is 3. The summed E-state index contributed by atoms with van der Waals surface area (Å²) in [6, 6.07) is 9.95. The molecule has 2 aromatic carbocycles. The Morgan fingerprint density at radius 3 is 2.92 bits per heavy atom. The molecule has 0 spiro atoms. The van der Waals surface area contributed by atoms with Crippen molar-refractivity contribution in [1.29, 1.82) is 0 Å². The summed E-state index contributed by atoms with van der Waals surface area (Å²) < 4.78 is 18.7. The Morgan fingerprint density at radius 1 is 1.32 bits per heavy atom. The lowest BCUT2D eigenvalue weighted by atomic mass is 9.75. The van der Waals surface area contributed by atoms with Crippen LogP contribution in [0.5, 0.6) is 0 Å². The monoisotopic (exact) mass is 357 g/mol. The number of anilines is 1. The van der Waals surface area contributed by atoms with Gasteiger partial charge in [0.1, 0.15) is 5.82 Å². The number of halogens is 2. The lowest BCUT2D eigenvalue weighted by Gasteiger charge is -2.38. The third-order valence-corrected chi connectivity index (χ3v) is 5.40. The Balaban J connectivity index is 1.87. The van der Waals surface area contributed by atoms with Crippen LogP contribution in [0.25, 0.3) is 0 Å². The van der Waals surface area contributed by atoms with Gasteiger partial charge in [-0.05, 0) is 47.7 Å². The maximum absolute atomic E-state index is 13.7. The Kier molecular flexibility index (Phi) is 4.00. The van der Waals surface area contributed by atoms with Gasteiger partial charge < -0.3 is 10.1 Å². The van der Waals surface area contributed by atoms with E-state index in [-0.39, 0.29) is 29.7 Å². The van der Waals surface area contributed by atoms with Crippen LogP contribution in [0.2, 0.25) is 5.02 Å². The number of carbonyl (C=O) groups is 1. The second-order valence-electron chi connectivity index (χ2n) is 6.41. The zero-order valence-electron chi connectivity index (χ0n) is 13.6. The Hall–Kier alpha value is -2.33. The van der Waals surface area contributed by atoms with Gasteiger partial charge in [0.15, 0.2) is 0 Å². The van der Waals surface area contributed by atoms with E-state index in [1.54, 1.807) is 24.3 Å². The molecule has 1 aliphatic heterocycles. The first-order valence-corrected chi connectivity index (χ1v) is 8.57. The van der Waals surface area contributed by atoms with E-state index in [0.29, 0.717) is 10.6 Å². The number of ether oxygens (including phenoxy) is 1. The van der Waals surface area contributed by atoms with Gasteiger partial charge in [0, 0.05) is 5.92 Å². The van der Waals surface area contributed by atoms with Crippen molar-refractivity contribution in [3.63, 3.8) is 0 Å². The molecule has 0 amide bonds. The van der Waals surface area contributed by atoms with Gasteiger partial charge in [0.2, 0.25) is 0 Å². The van der Waals surface area contributed by atoms with Gasteiger partial charge in [-0.1, -0.05) is 35.9 Å². The minimum Gasteiger partial charge on any atom is -0.465 e. The predicted molar refractivity (Wildman–Crippen MR) is 95.5 cm³/mol. The van der Waals surface area contributed by atoms with Crippen LogP contribution >= 0.6 is 11.6 Å². The zero-order chi connectivity index (χ0) is 17.6. The molecule has 0 fully saturated rings. The molecule has 128 valence electrons. The Labute approximate surface area is 150 Å². The molecule has 2 aromatic rings. The third kappa shape index (κ3) is 2.61. The summed E-state index contributed by atoms with van der Waals surface area (Å²) in [7, 11) is 1.37. The van der Waals surface area contributed by atoms with E-state index in [2.05, 4.69) is 17.5 Å². The standard InChI is InChI=1S/C20H17ClFNO2/c1-25-20(24)15-8-9-16(21)19-17(15)13-6-3-7-14(13)18(23-19)11-4-2-5-12(22)10-11/h2-6,8-10,13-14,18,23H,7H2,1H3/t13-,14-,18+/m1/s1.